The van der Waals surface area contributed by atoms with Gasteiger partial charge in [-0.2, -0.15) is 8.75 Å². The molecule has 0 aliphatic carbocycles. The molecule has 0 aliphatic rings. The third kappa shape index (κ3) is 5.77. The fourth-order valence-corrected chi connectivity index (χ4v) is 3.89. The number of hydrogen-bond donors (Lipinski definition) is 4. The minimum Gasteiger partial charge on any atom is -0.440 e. The number of pyridine rings is 1. The van der Waals surface area contributed by atoms with Gasteiger partial charge < -0.3 is 25.5 Å². The number of aryl methyl sites for hydroxylation is 1. The van der Waals surface area contributed by atoms with Gasteiger partial charge in [-0.05, 0) is 52.8 Å². The summed E-state index contributed by atoms with van der Waals surface area (Å²) in [5.41, 5.74) is 2.18. The van der Waals surface area contributed by atoms with E-state index >= 15 is 0 Å². The SMILES string of the molecule is Cc1oc(-c2cnc(Nc3ccc4nsnc4c3)cc2NC(C)C)nc1C(=O)NCC(F)C(C)(C)O. The van der Waals surface area contributed by atoms with Crippen molar-refractivity contribution in [2.24, 2.45) is 0 Å². The van der Waals surface area contributed by atoms with E-state index in [1.807, 2.05) is 38.1 Å². The molecule has 12 heteroatoms. The van der Waals surface area contributed by atoms with Crippen molar-refractivity contribution in [3.63, 3.8) is 0 Å². The van der Waals surface area contributed by atoms with E-state index in [9.17, 15) is 14.3 Å². The van der Waals surface area contributed by atoms with Crippen LogP contribution in [-0.4, -0.2) is 54.1 Å². The van der Waals surface area contributed by atoms with E-state index in [4.69, 9.17) is 4.42 Å². The van der Waals surface area contributed by atoms with Crippen LogP contribution in [0.15, 0.2) is 34.9 Å². The van der Waals surface area contributed by atoms with Crippen LogP contribution in [0.4, 0.5) is 21.6 Å². The van der Waals surface area contributed by atoms with Gasteiger partial charge in [0, 0.05) is 24.0 Å². The Hall–Kier alpha value is -3.64. The van der Waals surface area contributed by atoms with Crippen LogP contribution in [-0.2, 0) is 0 Å². The van der Waals surface area contributed by atoms with Crippen molar-refractivity contribution in [2.45, 2.75) is 52.4 Å². The predicted octanol–water partition coefficient (Wildman–Crippen LogP) is 4.45. The van der Waals surface area contributed by atoms with Gasteiger partial charge in [-0.25, -0.2) is 14.4 Å². The molecule has 1 unspecified atom stereocenters. The maximum absolute atomic E-state index is 14.0. The van der Waals surface area contributed by atoms with Gasteiger partial charge in [0.15, 0.2) is 5.69 Å². The molecule has 0 bridgehead atoms. The van der Waals surface area contributed by atoms with Crippen LogP contribution in [0.25, 0.3) is 22.5 Å². The molecular formula is C24H28FN7O3S. The minimum atomic E-state index is -1.63. The maximum Gasteiger partial charge on any atom is 0.273 e. The number of fused-ring (bicyclic) bond motifs is 1. The summed E-state index contributed by atoms with van der Waals surface area (Å²) in [6.07, 6.45) is -0.0267. The first-order valence-corrected chi connectivity index (χ1v) is 12.1. The number of oxazole rings is 1. The van der Waals surface area contributed by atoms with Crippen LogP contribution in [0.5, 0.6) is 0 Å². The minimum absolute atomic E-state index is 0.0378. The molecule has 1 amide bonds. The molecule has 4 aromatic rings. The highest BCUT2D eigenvalue weighted by molar-refractivity contribution is 7.00. The van der Waals surface area contributed by atoms with Crippen LogP contribution in [0.2, 0.25) is 0 Å². The molecule has 4 rings (SSSR count). The number of rotatable bonds is 9. The molecule has 4 N–H and O–H groups in total. The molecule has 0 radical (unpaired) electrons. The molecule has 1 aromatic carbocycles. The van der Waals surface area contributed by atoms with E-state index in [1.54, 1.807) is 13.1 Å². The summed E-state index contributed by atoms with van der Waals surface area (Å²) < 4.78 is 28.3. The van der Waals surface area contributed by atoms with Crippen molar-refractivity contribution in [1.82, 2.24) is 24.0 Å². The monoisotopic (exact) mass is 513 g/mol. The number of hydrogen-bond acceptors (Lipinski definition) is 10. The van der Waals surface area contributed by atoms with Gasteiger partial charge in [-0.1, -0.05) is 0 Å². The first-order valence-electron chi connectivity index (χ1n) is 11.4. The Morgan fingerprint density at radius 2 is 1.97 bits per heavy atom. The second-order valence-corrected chi connectivity index (χ2v) is 9.79. The molecular weight excluding hydrogens is 485 g/mol. The fourth-order valence-electron chi connectivity index (χ4n) is 3.37. The quantitative estimate of drug-likeness (QED) is 0.256. The molecule has 36 heavy (non-hydrogen) atoms. The van der Waals surface area contributed by atoms with Crippen LogP contribution >= 0.6 is 11.7 Å². The number of nitrogens with zero attached hydrogens (tertiary/aromatic N) is 4. The summed E-state index contributed by atoms with van der Waals surface area (Å²) >= 11 is 1.16. The smallest absolute Gasteiger partial charge is 0.273 e. The molecule has 3 aromatic heterocycles. The molecule has 0 saturated carbocycles. The Bertz CT molecular complexity index is 1380. The number of carbonyl (C=O) groups is 1. The van der Waals surface area contributed by atoms with Crippen LogP contribution < -0.4 is 16.0 Å². The highest BCUT2D eigenvalue weighted by Crippen LogP contribution is 2.32. The zero-order valence-electron chi connectivity index (χ0n) is 20.6. The summed E-state index contributed by atoms with van der Waals surface area (Å²) in [7, 11) is 0. The summed E-state index contributed by atoms with van der Waals surface area (Å²) in [6.45, 7) is 7.93. The summed E-state index contributed by atoms with van der Waals surface area (Å²) in [5.74, 6) is 0.482. The van der Waals surface area contributed by atoms with Crippen molar-refractivity contribution < 1.29 is 18.7 Å². The number of aromatic nitrogens is 4. The summed E-state index contributed by atoms with van der Waals surface area (Å²) in [4.78, 5) is 21.4. The summed E-state index contributed by atoms with van der Waals surface area (Å²) in [5, 5.41) is 18.8. The lowest BCUT2D eigenvalue weighted by molar-refractivity contribution is -0.00180. The predicted molar refractivity (Wildman–Crippen MR) is 137 cm³/mol. The fraction of sp³-hybridized carbons (Fsp3) is 0.375. The van der Waals surface area contributed by atoms with E-state index in [0.29, 0.717) is 17.1 Å². The van der Waals surface area contributed by atoms with Gasteiger partial charge in [-0.15, -0.1) is 0 Å². The first kappa shape index (κ1) is 25.5. The number of aliphatic hydroxyl groups is 1. The highest BCUT2D eigenvalue weighted by atomic mass is 32.1. The van der Waals surface area contributed by atoms with Gasteiger partial charge in [0.05, 0.1) is 35.1 Å². The zero-order valence-corrected chi connectivity index (χ0v) is 21.4. The lowest BCUT2D eigenvalue weighted by Gasteiger charge is -2.22. The van der Waals surface area contributed by atoms with E-state index < -0.39 is 17.7 Å². The Kier molecular flexibility index (Phi) is 7.18. The van der Waals surface area contributed by atoms with Gasteiger partial charge in [-0.3, -0.25) is 4.79 Å². The van der Waals surface area contributed by atoms with Crippen LogP contribution in [0, 0.1) is 6.92 Å². The number of alkyl halides is 1. The number of halogens is 1. The Balaban J connectivity index is 1.58. The Morgan fingerprint density at radius 1 is 1.22 bits per heavy atom. The third-order valence-corrected chi connectivity index (χ3v) is 5.88. The van der Waals surface area contributed by atoms with Crippen molar-refractivity contribution in [2.75, 3.05) is 17.2 Å². The number of anilines is 3. The van der Waals surface area contributed by atoms with Crippen LogP contribution in [0.1, 0.15) is 43.9 Å². The lowest BCUT2D eigenvalue weighted by Crippen LogP contribution is -2.42. The largest absolute Gasteiger partial charge is 0.440 e. The van der Waals surface area contributed by atoms with E-state index in [0.717, 1.165) is 28.4 Å². The van der Waals surface area contributed by atoms with Gasteiger partial charge in [0.25, 0.3) is 5.91 Å². The lowest BCUT2D eigenvalue weighted by atomic mass is 10.0. The molecule has 10 nitrogen and oxygen atoms in total. The Labute approximate surface area is 211 Å². The van der Waals surface area contributed by atoms with E-state index in [2.05, 4.69) is 34.7 Å². The Morgan fingerprint density at radius 3 is 2.69 bits per heavy atom. The van der Waals surface area contributed by atoms with Crippen molar-refractivity contribution in [1.29, 1.82) is 0 Å². The van der Waals surface area contributed by atoms with Crippen molar-refractivity contribution in [3.8, 4) is 11.5 Å². The number of amides is 1. The molecule has 0 fully saturated rings. The number of carbonyl (C=O) groups excluding carboxylic acids is 1. The average Bonchev–Trinajstić information content (AvgIpc) is 3.42. The van der Waals surface area contributed by atoms with E-state index in [-0.39, 0.29) is 29.9 Å². The van der Waals surface area contributed by atoms with Gasteiger partial charge in [0.1, 0.15) is 28.8 Å². The molecule has 3 heterocycles. The van der Waals surface area contributed by atoms with Gasteiger partial charge >= 0.3 is 0 Å². The number of nitrogens with one attached hydrogen (secondary N) is 3. The topological polar surface area (TPSA) is 138 Å². The number of benzene rings is 1. The highest BCUT2D eigenvalue weighted by Gasteiger charge is 2.28. The van der Waals surface area contributed by atoms with Crippen molar-refractivity contribution in [3.05, 3.63) is 41.9 Å². The molecule has 0 saturated heterocycles. The van der Waals surface area contributed by atoms with E-state index in [1.165, 1.54) is 13.8 Å². The molecule has 0 aliphatic heterocycles. The first-order chi connectivity index (χ1) is 17.0. The summed E-state index contributed by atoms with van der Waals surface area (Å²) in [6, 6.07) is 7.61. The second kappa shape index (κ2) is 10.2. The van der Waals surface area contributed by atoms with Crippen LogP contribution in [0.3, 0.4) is 0 Å². The van der Waals surface area contributed by atoms with Gasteiger partial charge in [0.2, 0.25) is 5.89 Å². The normalized spacial score (nSPS) is 12.7. The molecule has 0 spiro atoms. The standard InChI is InChI=1S/C24H28FN7O3S/c1-12(2)28-17-9-20(29-14-6-7-16-18(8-14)32-36-31-16)26-10-15(17)23-30-21(13(3)35-23)22(33)27-11-19(25)24(4,5)34/h6-10,12,19,34H,11H2,1-5H3,(H,27,33)(H2,26,28,29). The van der Waals surface area contributed by atoms with Crippen molar-refractivity contribution >= 4 is 45.9 Å². The maximum atomic E-state index is 14.0. The zero-order chi connectivity index (χ0) is 26.0. The average molecular weight is 514 g/mol. The third-order valence-electron chi connectivity index (χ3n) is 5.32. The molecule has 190 valence electrons. The second-order valence-electron chi connectivity index (χ2n) is 9.26. The molecule has 1 atom stereocenters.